The van der Waals surface area contributed by atoms with Gasteiger partial charge >= 0.3 is 0 Å². The summed E-state index contributed by atoms with van der Waals surface area (Å²) in [5.41, 5.74) is 0.750. The molecule has 1 heterocycles. The highest BCUT2D eigenvalue weighted by Crippen LogP contribution is 2.10. The normalized spacial score (nSPS) is 17.4. The summed E-state index contributed by atoms with van der Waals surface area (Å²) in [5, 5.41) is 3.03. The van der Waals surface area contributed by atoms with Crippen LogP contribution in [0.15, 0.2) is 24.3 Å². The van der Waals surface area contributed by atoms with Crippen molar-refractivity contribution in [2.45, 2.75) is 19.8 Å². The van der Waals surface area contributed by atoms with E-state index in [4.69, 9.17) is 0 Å². The van der Waals surface area contributed by atoms with E-state index >= 15 is 0 Å². The number of hydrogen-bond acceptors (Lipinski definition) is 2. The average Bonchev–Trinajstić information content (AvgIpc) is 2.88. The lowest BCUT2D eigenvalue weighted by Crippen LogP contribution is -2.34. The van der Waals surface area contributed by atoms with E-state index in [1.807, 2.05) is 24.3 Å². The Morgan fingerprint density at radius 1 is 1.42 bits per heavy atom. The predicted molar refractivity (Wildman–Crippen MR) is 86.3 cm³/mol. The largest absolute Gasteiger partial charge is 0.352 e. The SMILES string of the molecule is CC(CNC(=O)c1cccc(I)c1)CN1CCCC1. The molecule has 1 aliphatic heterocycles. The summed E-state index contributed by atoms with van der Waals surface area (Å²) >= 11 is 2.23. The van der Waals surface area contributed by atoms with Crippen molar-refractivity contribution in [1.82, 2.24) is 10.2 Å². The molecule has 1 amide bonds. The van der Waals surface area contributed by atoms with E-state index < -0.39 is 0 Å². The van der Waals surface area contributed by atoms with Gasteiger partial charge in [0.05, 0.1) is 0 Å². The highest BCUT2D eigenvalue weighted by molar-refractivity contribution is 14.1. The molecule has 1 aliphatic rings. The van der Waals surface area contributed by atoms with Gasteiger partial charge in [-0.25, -0.2) is 0 Å². The highest BCUT2D eigenvalue weighted by Gasteiger charge is 2.15. The molecule has 0 saturated carbocycles. The third-order valence-electron chi connectivity index (χ3n) is 3.47. The number of nitrogens with zero attached hydrogens (tertiary/aromatic N) is 1. The molecule has 1 fully saturated rings. The number of likely N-dealkylation sites (tertiary alicyclic amines) is 1. The lowest BCUT2D eigenvalue weighted by atomic mass is 10.1. The number of nitrogens with one attached hydrogen (secondary N) is 1. The van der Waals surface area contributed by atoms with Gasteiger partial charge in [0.25, 0.3) is 5.91 Å². The van der Waals surface area contributed by atoms with Crippen molar-refractivity contribution in [1.29, 1.82) is 0 Å². The van der Waals surface area contributed by atoms with Gasteiger partial charge in [0.1, 0.15) is 0 Å². The lowest BCUT2D eigenvalue weighted by Gasteiger charge is -2.20. The minimum absolute atomic E-state index is 0.0341. The quantitative estimate of drug-likeness (QED) is 0.807. The Morgan fingerprint density at radius 2 is 2.16 bits per heavy atom. The molecule has 104 valence electrons. The van der Waals surface area contributed by atoms with Crippen molar-refractivity contribution in [3.05, 3.63) is 33.4 Å². The summed E-state index contributed by atoms with van der Waals surface area (Å²) in [5.74, 6) is 0.539. The first-order valence-electron chi connectivity index (χ1n) is 6.91. The summed E-state index contributed by atoms with van der Waals surface area (Å²) in [6, 6.07) is 7.70. The van der Waals surface area contributed by atoms with E-state index in [1.165, 1.54) is 25.9 Å². The summed E-state index contributed by atoms with van der Waals surface area (Å²) in [6.45, 7) is 6.48. The first-order valence-corrected chi connectivity index (χ1v) is 7.99. The molecule has 0 bridgehead atoms. The minimum atomic E-state index is 0.0341. The van der Waals surface area contributed by atoms with Gasteiger partial charge in [-0.15, -0.1) is 0 Å². The molecule has 2 rings (SSSR count). The molecule has 0 radical (unpaired) electrons. The first-order chi connectivity index (χ1) is 9.15. The molecule has 1 saturated heterocycles. The Bertz CT molecular complexity index is 430. The van der Waals surface area contributed by atoms with Crippen LogP contribution in [0.1, 0.15) is 30.1 Å². The van der Waals surface area contributed by atoms with Crippen LogP contribution in [0.4, 0.5) is 0 Å². The van der Waals surface area contributed by atoms with Crippen molar-refractivity contribution in [3.8, 4) is 0 Å². The monoisotopic (exact) mass is 372 g/mol. The summed E-state index contributed by atoms with van der Waals surface area (Å²) in [7, 11) is 0. The van der Waals surface area contributed by atoms with Gasteiger partial charge in [0.15, 0.2) is 0 Å². The van der Waals surface area contributed by atoms with Crippen LogP contribution in [0, 0.1) is 9.49 Å². The van der Waals surface area contributed by atoms with E-state index in [9.17, 15) is 4.79 Å². The zero-order chi connectivity index (χ0) is 13.7. The highest BCUT2D eigenvalue weighted by atomic mass is 127. The Labute approximate surface area is 128 Å². The minimum Gasteiger partial charge on any atom is -0.352 e. The van der Waals surface area contributed by atoms with Gasteiger partial charge < -0.3 is 10.2 Å². The summed E-state index contributed by atoms with van der Waals surface area (Å²) in [4.78, 5) is 14.5. The van der Waals surface area contributed by atoms with Crippen LogP contribution in [0.3, 0.4) is 0 Å². The summed E-state index contributed by atoms with van der Waals surface area (Å²) < 4.78 is 1.09. The molecule has 1 N–H and O–H groups in total. The van der Waals surface area contributed by atoms with Crippen LogP contribution < -0.4 is 5.32 Å². The van der Waals surface area contributed by atoms with E-state index in [0.29, 0.717) is 5.92 Å². The van der Waals surface area contributed by atoms with Gasteiger partial charge in [-0.1, -0.05) is 13.0 Å². The number of hydrogen-bond donors (Lipinski definition) is 1. The number of halogens is 1. The van der Waals surface area contributed by atoms with Gasteiger partial charge in [-0.05, 0) is 72.6 Å². The molecule has 1 aromatic carbocycles. The molecular weight excluding hydrogens is 351 g/mol. The molecular formula is C15H21IN2O. The Balaban J connectivity index is 1.76. The fourth-order valence-corrected chi connectivity index (χ4v) is 3.01. The molecule has 0 aliphatic carbocycles. The Morgan fingerprint density at radius 3 is 2.84 bits per heavy atom. The molecule has 0 spiro atoms. The van der Waals surface area contributed by atoms with Crippen LogP contribution in [0.5, 0.6) is 0 Å². The second-order valence-electron chi connectivity index (χ2n) is 5.33. The van der Waals surface area contributed by atoms with Crippen molar-refractivity contribution < 1.29 is 4.79 Å². The second kappa shape index (κ2) is 7.24. The third-order valence-corrected chi connectivity index (χ3v) is 4.14. The maximum atomic E-state index is 12.0. The number of carbonyl (C=O) groups is 1. The maximum absolute atomic E-state index is 12.0. The van der Waals surface area contributed by atoms with E-state index in [1.54, 1.807) is 0 Å². The van der Waals surface area contributed by atoms with Crippen molar-refractivity contribution in [2.75, 3.05) is 26.2 Å². The third kappa shape index (κ3) is 4.76. The lowest BCUT2D eigenvalue weighted by molar-refractivity contribution is 0.0945. The molecule has 4 heteroatoms. The molecule has 3 nitrogen and oxygen atoms in total. The summed E-state index contributed by atoms with van der Waals surface area (Å²) in [6.07, 6.45) is 2.64. The van der Waals surface area contributed by atoms with Crippen LogP contribution in [-0.4, -0.2) is 37.0 Å². The number of rotatable bonds is 5. The van der Waals surface area contributed by atoms with Crippen molar-refractivity contribution in [3.63, 3.8) is 0 Å². The van der Waals surface area contributed by atoms with Crippen LogP contribution >= 0.6 is 22.6 Å². The zero-order valence-corrected chi connectivity index (χ0v) is 13.5. The predicted octanol–water partition coefficient (Wildman–Crippen LogP) is 2.75. The number of carbonyl (C=O) groups excluding carboxylic acids is 1. The Hall–Kier alpha value is -0.620. The maximum Gasteiger partial charge on any atom is 0.251 e. The van der Waals surface area contributed by atoms with Crippen molar-refractivity contribution >= 4 is 28.5 Å². The van der Waals surface area contributed by atoms with E-state index in [2.05, 4.69) is 39.7 Å². The zero-order valence-electron chi connectivity index (χ0n) is 11.4. The van der Waals surface area contributed by atoms with Gasteiger partial charge in [-0.2, -0.15) is 0 Å². The molecule has 1 aromatic rings. The second-order valence-corrected chi connectivity index (χ2v) is 6.58. The van der Waals surface area contributed by atoms with Gasteiger partial charge in [-0.3, -0.25) is 4.79 Å². The van der Waals surface area contributed by atoms with Crippen molar-refractivity contribution in [2.24, 2.45) is 5.92 Å². The average molecular weight is 372 g/mol. The topological polar surface area (TPSA) is 32.3 Å². The number of amides is 1. The van der Waals surface area contributed by atoms with Crippen LogP contribution in [0.2, 0.25) is 0 Å². The molecule has 1 atom stereocenters. The van der Waals surface area contributed by atoms with Crippen LogP contribution in [0.25, 0.3) is 0 Å². The van der Waals surface area contributed by atoms with Gasteiger partial charge in [0, 0.05) is 22.2 Å². The standard InChI is InChI=1S/C15H21IN2O/c1-12(11-18-7-2-3-8-18)10-17-15(19)13-5-4-6-14(16)9-13/h4-6,9,12H,2-3,7-8,10-11H2,1H3,(H,17,19). The van der Waals surface area contributed by atoms with Gasteiger partial charge in [0.2, 0.25) is 0 Å². The fraction of sp³-hybridized carbons (Fsp3) is 0.533. The molecule has 0 aromatic heterocycles. The number of benzene rings is 1. The smallest absolute Gasteiger partial charge is 0.251 e. The Kier molecular flexibility index (Phi) is 5.63. The fourth-order valence-electron chi connectivity index (χ4n) is 2.47. The first kappa shape index (κ1) is 14.8. The van der Waals surface area contributed by atoms with E-state index in [0.717, 1.165) is 22.2 Å². The van der Waals surface area contributed by atoms with E-state index in [-0.39, 0.29) is 5.91 Å². The molecule has 1 unspecified atom stereocenters. The molecule has 19 heavy (non-hydrogen) atoms. The van der Waals surface area contributed by atoms with Crippen LogP contribution in [-0.2, 0) is 0 Å².